The average Bonchev–Trinajstić information content (AvgIpc) is 3.00. The van der Waals surface area contributed by atoms with Crippen molar-refractivity contribution < 1.29 is 9.53 Å². The first-order valence-corrected chi connectivity index (χ1v) is 8.30. The number of amides is 2. The number of imidazole rings is 1. The highest BCUT2D eigenvalue weighted by molar-refractivity contribution is 5.74. The van der Waals surface area contributed by atoms with E-state index >= 15 is 0 Å². The zero-order valence-corrected chi connectivity index (χ0v) is 14.2. The molecule has 1 fully saturated rings. The fraction of sp³-hybridized carbons (Fsp3) is 0.444. The third kappa shape index (κ3) is 3.94. The quantitative estimate of drug-likeness (QED) is 0.906. The lowest BCUT2D eigenvalue weighted by Crippen LogP contribution is -2.44. The number of nitrogens with one attached hydrogen (secondary N) is 2. The van der Waals surface area contributed by atoms with Crippen LogP contribution >= 0.6 is 0 Å². The zero-order valence-electron chi connectivity index (χ0n) is 14.2. The number of aromatic nitrogens is 2. The van der Waals surface area contributed by atoms with Crippen LogP contribution in [0.2, 0.25) is 0 Å². The topological polar surface area (TPSA) is 68.2 Å². The van der Waals surface area contributed by atoms with Gasteiger partial charge in [-0.3, -0.25) is 0 Å². The Morgan fingerprint density at radius 3 is 3.00 bits per heavy atom. The molecule has 0 unspecified atom stereocenters. The van der Waals surface area contributed by atoms with Gasteiger partial charge in [0.1, 0.15) is 6.10 Å². The van der Waals surface area contributed by atoms with Crippen LogP contribution in [0.15, 0.2) is 36.8 Å². The molecule has 1 saturated heterocycles. The molecule has 6 heteroatoms. The number of hydrogen-bond donors (Lipinski definition) is 2. The second-order valence-electron chi connectivity index (χ2n) is 6.26. The molecule has 2 amide bonds. The van der Waals surface area contributed by atoms with Crippen molar-refractivity contribution >= 4 is 6.03 Å². The lowest BCUT2D eigenvalue weighted by Gasteiger charge is -2.30. The number of carbonyl (C=O) groups is 1. The molecular formula is C18H24N4O2. The van der Waals surface area contributed by atoms with E-state index in [-0.39, 0.29) is 18.2 Å². The van der Waals surface area contributed by atoms with E-state index in [9.17, 15) is 4.79 Å². The maximum Gasteiger partial charge on any atom is 0.315 e. The number of urea groups is 1. The molecule has 2 N–H and O–H groups in total. The minimum Gasteiger partial charge on any atom is -0.372 e. The second-order valence-corrected chi connectivity index (χ2v) is 6.26. The lowest BCUT2D eigenvalue weighted by molar-refractivity contribution is -0.00178. The van der Waals surface area contributed by atoms with Gasteiger partial charge in [-0.1, -0.05) is 24.3 Å². The van der Waals surface area contributed by atoms with Crippen molar-refractivity contribution in [2.24, 2.45) is 7.05 Å². The SMILES string of the molecule is Cc1ccccc1CNC(=O)N[C@@H]1CCO[C@H](c2cncn2C)C1. The maximum atomic E-state index is 12.2. The van der Waals surface area contributed by atoms with Crippen molar-refractivity contribution in [1.29, 1.82) is 0 Å². The van der Waals surface area contributed by atoms with E-state index in [1.165, 1.54) is 5.56 Å². The van der Waals surface area contributed by atoms with Crippen LogP contribution in [0.3, 0.4) is 0 Å². The van der Waals surface area contributed by atoms with Gasteiger partial charge in [0.15, 0.2) is 0 Å². The van der Waals surface area contributed by atoms with Gasteiger partial charge in [0, 0.05) is 26.2 Å². The van der Waals surface area contributed by atoms with E-state index in [1.807, 2.05) is 49.0 Å². The van der Waals surface area contributed by atoms with Crippen LogP contribution in [0.4, 0.5) is 4.79 Å². The van der Waals surface area contributed by atoms with Crippen LogP contribution in [-0.4, -0.2) is 28.2 Å². The van der Waals surface area contributed by atoms with Crippen molar-refractivity contribution in [3.63, 3.8) is 0 Å². The Balaban J connectivity index is 1.51. The summed E-state index contributed by atoms with van der Waals surface area (Å²) in [5.74, 6) is 0. The number of carbonyl (C=O) groups excluding carboxylic acids is 1. The first kappa shape index (κ1) is 16.5. The highest BCUT2D eigenvalue weighted by Crippen LogP contribution is 2.27. The summed E-state index contributed by atoms with van der Waals surface area (Å²) in [5, 5.41) is 6.00. The van der Waals surface area contributed by atoms with E-state index in [2.05, 4.69) is 15.6 Å². The Labute approximate surface area is 142 Å². The summed E-state index contributed by atoms with van der Waals surface area (Å²) in [7, 11) is 1.96. The van der Waals surface area contributed by atoms with Gasteiger partial charge in [0.2, 0.25) is 0 Å². The standard InChI is InChI=1S/C18H24N4O2/c1-13-5-3-4-6-14(13)10-20-18(23)21-15-7-8-24-17(9-15)16-11-19-12-22(16)2/h3-6,11-12,15,17H,7-10H2,1-2H3,(H2,20,21,23)/t15-,17+/m1/s1. The number of aryl methyl sites for hydroxylation is 2. The molecule has 1 aromatic heterocycles. The first-order chi connectivity index (χ1) is 11.6. The number of benzene rings is 1. The molecule has 128 valence electrons. The van der Waals surface area contributed by atoms with Gasteiger partial charge in [0.05, 0.1) is 18.2 Å². The summed E-state index contributed by atoms with van der Waals surface area (Å²) in [6.45, 7) is 3.22. The van der Waals surface area contributed by atoms with Crippen LogP contribution in [0.5, 0.6) is 0 Å². The van der Waals surface area contributed by atoms with Gasteiger partial charge in [-0.05, 0) is 30.9 Å². The van der Waals surface area contributed by atoms with Crippen molar-refractivity contribution in [3.05, 3.63) is 53.6 Å². The summed E-state index contributed by atoms with van der Waals surface area (Å²) in [5.41, 5.74) is 3.36. The third-order valence-corrected chi connectivity index (χ3v) is 4.50. The molecule has 0 spiro atoms. The summed E-state index contributed by atoms with van der Waals surface area (Å²) >= 11 is 0. The van der Waals surface area contributed by atoms with Gasteiger partial charge in [-0.2, -0.15) is 0 Å². The summed E-state index contributed by atoms with van der Waals surface area (Å²) in [4.78, 5) is 16.3. The van der Waals surface area contributed by atoms with Gasteiger partial charge in [-0.25, -0.2) is 9.78 Å². The van der Waals surface area contributed by atoms with Crippen LogP contribution in [0.1, 0.15) is 35.8 Å². The summed E-state index contributed by atoms with van der Waals surface area (Å²) in [6, 6.07) is 8.04. The van der Waals surface area contributed by atoms with E-state index in [0.717, 1.165) is 24.1 Å². The largest absolute Gasteiger partial charge is 0.372 e. The lowest BCUT2D eigenvalue weighted by atomic mass is 10.0. The van der Waals surface area contributed by atoms with Crippen LogP contribution in [-0.2, 0) is 18.3 Å². The monoisotopic (exact) mass is 328 g/mol. The fourth-order valence-corrected chi connectivity index (χ4v) is 3.03. The van der Waals surface area contributed by atoms with Crippen molar-refractivity contribution in [3.8, 4) is 0 Å². The Morgan fingerprint density at radius 1 is 1.42 bits per heavy atom. The van der Waals surface area contributed by atoms with Crippen molar-refractivity contribution in [2.45, 2.75) is 38.5 Å². The van der Waals surface area contributed by atoms with Gasteiger partial charge in [-0.15, -0.1) is 0 Å². The molecule has 0 radical (unpaired) electrons. The smallest absolute Gasteiger partial charge is 0.315 e. The zero-order chi connectivity index (χ0) is 16.9. The molecule has 1 aliphatic heterocycles. The maximum absolute atomic E-state index is 12.2. The van der Waals surface area contributed by atoms with Gasteiger partial charge < -0.3 is 19.9 Å². The molecule has 3 rings (SSSR count). The molecule has 6 nitrogen and oxygen atoms in total. The number of nitrogens with zero attached hydrogens (tertiary/aromatic N) is 2. The van der Waals surface area contributed by atoms with E-state index in [1.54, 1.807) is 6.33 Å². The van der Waals surface area contributed by atoms with Crippen molar-refractivity contribution in [1.82, 2.24) is 20.2 Å². The van der Waals surface area contributed by atoms with Crippen molar-refractivity contribution in [2.75, 3.05) is 6.61 Å². The van der Waals surface area contributed by atoms with Crippen LogP contribution in [0, 0.1) is 6.92 Å². The van der Waals surface area contributed by atoms with Gasteiger partial charge in [0.25, 0.3) is 0 Å². The Bertz CT molecular complexity index is 698. The normalized spacial score (nSPS) is 20.6. The molecule has 2 aromatic rings. The highest BCUT2D eigenvalue weighted by Gasteiger charge is 2.26. The predicted octanol–water partition coefficient (Wildman–Crippen LogP) is 2.45. The average molecular weight is 328 g/mol. The Kier molecular flexibility index (Phi) is 5.15. The highest BCUT2D eigenvalue weighted by atomic mass is 16.5. The molecule has 0 aliphatic carbocycles. The van der Waals surface area contributed by atoms with Crippen LogP contribution in [0.25, 0.3) is 0 Å². The molecule has 2 atom stereocenters. The molecule has 1 aromatic carbocycles. The van der Waals surface area contributed by atoms with Gasteiger partial charge >= 0.3 is 6.03 Å². The molecule has 2 heterocycles. The molecule has 1 aliphatic rings. The third-order valence-electron chi connectivity index (χ3n) is 4.50. The second kappa shape index (κ2) is 7.49. The van der Waals surface area contributed by atoms with E-state index in [4.69, 9.17) is 4.74 Å². The molecule has 0 bridgehead atoms. The van der Waals surface area contributed by atoms with E-state index < -0.39 is 0 Å². The number of rotatable bonds is 4. The first-order valence-electron chi connectivity index (χ1n) is 8.30. The van der Waals surface area contributed by atoms with Crippen LogP contribution < -0.4 is 10.6 Å². The summed E-state index contributed by atoms with van der Waals surface area (Å²) < 4.78 is 7.79. The predicted molar refractivity (Wildman–Crippen MR) is 91.5 cm³/mol. The molecule has 24 heavy (non-hydrogen) atoms. The van der Waals surface area contributed by atoms with E-state index in [0.29, 0.717) is 13.2 Å². The summed E-state index contributed by atoms with van der Waals surface area (Å²) in [6.07, 6.45) is 5.16. The molecular weight excluding hydrogens is 304 g/mol. The number of hydrogen-bond acceptors (Lipinski definition) is 3. The Morgan fingerprint density at radius 2 is 2.25 bits per heavy atom. The minimum atomic E-state index is -0.131. The molecule has 0 saturated carbocycles. The minimum absolute atomic E-state index is 0.0204. The fourth-order valence-electron chi connectivity index (χ4n) is 3.03. The number of ether oxygens (including phenoxy) is 1. The Hall–Kier alpha value is -2.34.